The highest BCUT2D eigenvalue weighted by molar-refractivity contribution is 9.10. The normalized spacial score (nSPS) is 16.1. The molecule has 3 aliphatic heterocycles. The SMILES string of the molecule is CC(C)(CN1CCCCC1)Oc1ccc(-c2cnc3c(Br)cnn3c2)cc1.COC(=O)c1ccc(-c2cnn3cc(-c4ccc(OC(C)(C)CN5CCCCC5)cc4)cnc23)c2ccccc12.COC(=O)c1ccc(B2OC(C)(C)C(C)(C)O2)c2ccccc12. The van der Waals surface area contributed by atoms with Crippen molar-refractivity contribution in [2.24, 2.45) is 0 Å². The Labute approximate surface area is 536 Å². The van der Waals surface area contributed by atoms with Crippen LogP contribution in [-0.4, -0.2) is 134 Å². The third kappa shape index (κ3) is 14.3. The molecule has 466 valence electrons. The molecule has 16 nitrogen and oxygen atoms in total. The van der Waals surface area contributed by atoms with Crippen LogP contribution in [0.4, 0.5) is 0 Å². The van der Waals surface area contributed by atoms with Crippen molar-refractivity contribution in [1.82, 2.24) is 39.0 Å². The largest absolute Gasteiger partial charge is 0.495 e. The zero-order chi connectivity index (χ0) is 63.4. The Balaban J connectivity index is 0.000000146. The van der Waals surface area contributed by atoms with Gasteiger partial charge in [-0.3, -0.25) is 9.80 Å². The number of rotatable bonds is 14. The number of hydrogen-bond donors (Lipinski definition) is 0. The van der Waals surface area contributed by atoms with E-state index in [0.29, 0.717) is 11.1 Å². The summed E-state index contributed by atoms with van der Waals surface area (Å²) in [5.74, 6) is 1.06. The number of benzene rings is 6. The van der Waals surface area contributed by atoms with Crippen LogP contribution in [0.2, 0.25) is 0 Å². The molecule has 0 bridgehead atoms. The molecular weight excluding hydrogens is 1200 g/mol. The predicted octanol–water partition coefficient (Wildman–Crippen LogP) is 14.4. The molecule has 3 fully saturated rings. The lowest BCUT2D eigenvalue weighted by Crippen LogP contribution is -2.44. The second-order valence-electron chi connectivity index (χ2n) is 25.7. The zero-order valence-corrected chi connectivity index (χ0v) is 54.9. The number of nitrogens with zero attached hydrogens (tertiary/aromatic N) is 8. The Hall–Kier alpha value is -8.00. The zero-order valence-electron chi connectivity index (χ0n) is 53.3. The van der Waals surface area contributed by atoms with Crippen LogP contribution in [0.1, 0.15) is 115 Å². The second kappa shape index (κ2) is 26.8. The van der Waals surface area contributed by atoms with Crippen molar-refractivity contribution in [3.63, 3.8) is 0 Å². The van der Waals surface area contributed by atoms with Gasteiger partial charge in [0.25, 0.3) is 0 Å². The monoisotopic (exact) mass is 1270 g/mol. The van der Waals surface area contributed by atoms with E-state index in [4.69, 9.17) is 33.2 Å². The van der Waals surface area contributed by atoms with Gasteiger partial charge in [0.2, 0.25) is 0 Å². The highest BCUT2D eigenvalue weighted by Crippen LogP contribution is 2.38. The lowest BCUT2D eigenvalue weighted by atomic mass is 9.75. The number of esters is 2. The van der Waals surface area contributed by atoms with E-state index < -0.39 is 18.3 Å². The highest BCUT2D eigenvalue weighted by Gasteiger charge is 2.52. The van der Waals surface area contributed by atoms with Crippen molar-refractivity contribution < 1.29 is 37.8 Å². The molecule has 13 rings (SSSR count). The topological polar surface area (TPSA) is 156 Å². The lowest BCUT2D eigenvalue weighted by Gasteiger charge is -2.35. The van der Waals surface area contributed by atoms with Gasteiger partial charge in [0.15, 0.2) is 11.3 Å². The van der Waals surface area contributed by atoms with Gasteiger partial charge in [-0.1, -0.05) is 97.8 Å². The number of halogens is 1. The van der Waals surface area contributed by atoms with Crippen LogP contribution in [0.5, 0.6) is 11.5 Å². The lowest BCUT2D eigenvalue weighted by molar-refractivity contribution is 0.00578. The summed E-state index contributed by atoms with van der Waals surface area (Å²) in [4.78, 5) is 38.6. The summed E-state index contributed by atoms with van der Waals surface area (Å²) >= 11 is 3.45. The molecule has 0 atom stereocenters. The van der Waals surface area contributed by atoms with Gasteiger partial charge in [0.1, 0.15) is 22.7 Å². The summed E-state index contributed by atoms with van der Waals surface area (Å²) in [6, 6.07) is 39.4. The molecule has 6 aromatic carbocycles. The molecule has 0 amide bonds. The maximum Gasteiger partial charge on any atom is 0.495 e. The number of ether oxygens (including phenoxy) is 4. The number of methoxy groups -OCH3 is 2. The number of fused-ring (bicyclic) bond motifs is 4. The molecular formula is C72H80BBrN8O8. The van der Waals surface area contributed by atoms with Gasteiger partial charge in [-0.05, 0) is 203 Å². The Bertz CT molecular complexity index is 4160. The smallest absolute Gasteiger partial charge is 0.487 e. The third-order valence-electron chi connectivity index (χ3n) is 17.4. The van der Waals surface area contributed by atoms with Gasteiger partial charge < -0.3 is 28.3 Å². The maximum absolute atomic E-state index is 12.3. The minimum atomic E-state index is -0.461. The van der Waals surface area contributed by atoms with Gasteiger partial charge >= 0.3 is 19.1 Å². The fraction of sp³-hybridized carbons (Fsp3) is 0.361. The van der Waals surface area contributed by atoms with Crippen molar-refractivity contribution in [1.29, 1.82) is 0 Å². The van der Waals surface area contributed by atoms with E-state index in [0.717, 1.165) is 114 Å². The molecule has 0 spiro atoms. The van der Waals surface area contributed by atoms with Crippen molar-refractivity contribution in [3.8, 4) is 44.9 Å². The summed E-state index contributed by atoms with van der Waals surface area (Å²) < 4.78 is 39.3. The second-order valence-corrected chi connectivity index (χ2v) is 26.6. The van der Waals surface area contributed by atoms with E-state index in [-0.39, 0.29) is 23.1 Å². The summed E-state index contributed by atoms with van der Waals surface area (Å²) in [5, 5.41) is 12.5. The van der Waals surface area contributed by atoms with Crippen LogP contribution in [0, 0.1) is 0 Å². The summed E-state index contributed by atoms with van der Waals surface area (Å²) in [5.41, 5.74) is 8.29. The van der Waals surface area contributed by atoms with E-state index in [2.05, 4.69) is 92.9 Å². The third-order valence-corrected chi connectivity index (χ3v) is 18.0. The molecule has 0 saturated carbocycles. The first kappa shape index (κ1) is 63.6. The molecule has 3 saturated heterocycles. The fourth-order valence-electron chi connectivity index (χ4n) is 12.3. The Morgan fingerprint density at radius 3 is 1.44 bits per heavy atom. The van der Waals surface area contributed by atoms with E-state index in [1.165, 1.54) is 65.8 Å². The molecule has 0 unspecified atom stereocenters. The van der Waals surface area contributed by atoms with E-state index in [1.54, 1.807) is 27.4 Å². The average molecular weight is 1280 g/mol. The maximum atomic E-state index is 12.3. The summed E-state index contributed by atoms with van der Waals surface area (Å²) in [7, 11) is 2.33. The quantitative estimate of drug-likeness (QED) is 0.0748. The minimum Gasteiger partial charge on any atom is -0.487 e. The molecule has 0 aliphatic carbocycles. The molecule has 4 aromatic heterocycles. The Kier molecular flexibility index (Phi) is 19.0. The van der Waals surface area contributed by atoms with E-state index in [1.807, 2.05) is 144 Å². The van der Waals surface area contributed by atoms with Crippen molar-refractivity contribution >= 4 is 73.3 Å². The first-order valence-electron chi connectivity index (χ1n) is 31.1. The van der Waals surface area contributed by atoms with E-state index >= 15 is 0 Å². The van der Waals surface area contributed by atoms with Gasteiger partial charge in [-0.25, -0.2) is 28.6 Å². The summed E-state index contributed by atoms with van der Waals surface area (Å²) in [6.07, 6.45) is 19.2. The van der Waals surface area contributed by atoms with Crippen LogP contribution >= 0.6 is 15.9 Å². The van der Waals surface area contributed by atoms with Crippen LogP contribution in [-0.2, 0) is 18.8 Å². The summed E-state index contributed by atoms with van der Waals surface area (Å²) in [6.45, 7) is 23.3. The molecule has 0 N–H and O–H groups in total. The number of carbonyl (C=O) groups is 2. The molecule has 7 heterocycles. The standard InChI is InChI=1S/C33H34N4O3.C21H25BrN4O.C18H21BO4/c1-33(2,22-36-17-7-4-8-18-36)40-25-13-11-23(12-14-25)24-19-34-31-30(20-35-37(31)21-24)28-15-16-29(32(38)39-3)27-10-6-5-9-26(27)28;1-21(2,15-25-10-4-3-5-11-25)27-18-8-6-16(7-9-18)17-12-23-20-19(22)13-24-26(20)14-17;1-17(2)18(3,4)23-19(22-17)15-11-10-14(16(20)21-5)12-8-6-7-9-13(12)15/h5-6,9-16,19-21H,4,7-8,17-18,22H2,1-3H3;6-9,12-14H,3-5,10-11,15H2,1-2H3;6-11H,1-5H3. The predicted molar refractivity (Wildman–Crippen MR) is 360 cm³/mol. The van der Waals surface area contributed by atoms with Crippen molar-refractivity contribution in [2.45, 2.75) is 116 Å². The molecule has 0 radical (unpaired) electrons. The van der Waals surface area contributed by atoms with Crippen LogP contribution in [0.25, 0.3) is 66.2 Å². The van der Waals surface area contributed by atoms with Crippen LogP contribution in [0.15, 0.2) is 163 Å². The van der Waals surface area contributed by atoms with Gasteiger partial charge in [0.05, 0.1) is 53.4 Å². The first-order chi connectivity index (χ1) is 43.2. The van der Waals surface area contributed by atoms with Crippen LogP contribution in [0.3, 0.4) is 0 Å². The molecule has 3 aliphatic rings. The molecule has 10 aromatic rings. The number of carbonyl (C=O) groups excluding carboxylic acids is 2. The Morgan fingerprint density at radius 2 is 0.944 bits per heavy atom. The van der Waals surface area contributed by atoms with E-state index in [9.17, 15) is 9.59 Å². The van der Waals surface area contributed by atoms with Gasteiger partial charge in [0, 0.05) is 54.6 Å². The van der Waals surface area contributed by atoms with Crippen LogP contribution < -0.4 is 14.9 Å². The number of likely N-dealkylation sites (tertiary alicyclic amines) is 2. The van der Waals surface area contributed by atoms with Crippen molar-refractivity contribution in [2.75, 3.05) is 53.5 Å². The minimum absolute atomic E-state index is 0.208. The average Bonchev–Trinajstić information content (AvgIpc) is 1.51. The number of piperidine rings is 2. The molecule has 90 heavy (non-hydrogen) atoms. The fourth-order valence-corrected chi connectivity index (χ4v) is 12.6. The Morgan fingerprint density at radius 1 is 0.511 bits per heavy atom. The number of hydrogen-bond acceptors (Lipinski definition) is 14. The van der Waals surface area contributed by atoms with Gasteiger partial charge in [-0.2, -0.15) is 10.2 Å². The molecule has 18 heteroatoms. The highest BCUT2D eigenvalue weighted by atomic mass is 79.9. The van der Waals surface area contributed by atoms with Crippen molar-refractivity contribution in [3.05, 3.63) is 174 Å². The first-order valence-corrected chi connectivity index (χ1v) is 31.9. The van der Waals surface area contributed by atoms with Gasteiger partial charge in [-0.15, -0.1) is 0 Å². The number of aromatic nitrogens is 6.